The number of carbonyl (C=O) groups excluding carboxylic acids is 1. The molecule has 1 fully saturated rings. The minimum Gasteiger partial charge on any atom is -0.353 e. The quantitative estimate of drug-likeness (QED) is 0.754. The predicted octanol–water partition coefficient (Wildman–Crippen LogP) is 1.61. The van der Waals surface area contributed by atoms with E-state index >= 15 is 0 Å². The second kappa shape index (κ2) is 6.16. The van der Waals surface area contributed by atoms with E-state index in [0.717, 1.165) is 32.1 Å². The SMILES string of the molecule is O=C(CSC(F)(F)S(=O)(=O)O)NC1CCCCC1. The van der Waals surface area contributed by atoms with Gasteiger partial charge in [-0.25, -0.2) is 0 Å². The molecule has 1 aliphatic carbocycles. The lowest BCUT2D eigenvalue weighted by atomic mass is 9.95. The zero-order valence-electron chi connectivity index (χ0n) is 9.56. The molecular weight excluding hydrogens is 288 g/mol. The van der Waals surface area contributed by atoms with Crippen LogP contribution in [0.4, 0.5) is 8.78 Å². The summed E-state index contributed by atoms with van der Waals surface area (Å²) in [5, 5.41) is 2.57. The molecule has 0 heterocycles. The molecule has 1 saturated carbocycles. The molecule has 0 spiro atoms. The third-order valence-electron chi connectivity index (χ3n) is 2.64. The maximum atomic E-state index is 12.8. The maximum Gasteiger partial charge on any atom is 0.417 e. The largest absolute Gasteiger partial charge is 0.417 e. The van der Waals surface area contributed by atoms with Crippen LogP contribution in [0, 0.1) is 0 Å². The lowest BCUT2D eigenvalue weighted by Gasteiger charge is -2.23. The summed E-state index contributed by atoms with van der Waals surface area (Å²) in [5.74, 6) is -1.35. The molecule has 5 nitrogen and oxygen atoms in total. The fraction of sp³-hybridized carbons (Fsp3) is 0.889. The van der Waals surface area contributed by atoms with E-state index in [-0.39, 0.29) is 6.04 Å². The van der Waals surface area contributed by atoms with Crippen LogP contribution in [-0.2, 0) is 14.9 Å². The van der Waals surface area contributed by atoms with Crippen LogP contribution in [0.25, 0.3) is 0 Å². The lowest BCUT2D eigenvalue weighted by Crippen LogP contribution is -2.38. The normalized spacial score (nSPS) is 18.6. The van der Waals surface area contributed by atoms with Crippen molar-refractivity contribution in [3.8, 4) is 0 Å². The van der Waals surface area contributed by atoms with Crippen LogP contribution in [-0.4, -0.2) is 35.3 Å². The zero-order chi connectivity index (χ0) is 13.8. The number of alkyl halides is 2. The highest BCUT2D eigenvalue weighted by molar-refractivity contribution is 8.12. The minimum atomic E-state index is -5.48. The zero-order valence-corrected chi connectivity index (χ0v) is 11.2. The van der Waals surface area contributed by atoms with Crippen LogP contribution in [0.1, 0.15) is 32.1 Å². The number of carbonyl (C=O) groups is 1. The van der Waals surface area contributed by atoms with Crippen molar-refractivity contribution in [1.82, 2.24) is 5.32 Å². The average Bonchev–Trinajstić information content (AvgIpc) is 2.26. The number of hydrogen-bond donors (Lipinski definition) is 2. The highest BCUT2D eigenvalue weighted by Crippen LogP contribution is 2.33. The number of amides is 1. The third-order valence-corrected chi connectivity index (χ3v) is 4.97. The Morgan fingerprint density at radius 3 is 2.39 bits per heavy atom. The van der Waals surface area contributed by atoms with Gasteiger partial charge in [0, 0.05) is 6.04 Å². The van der Waals surface area contributed by atoms with Gasteiger partial charge in [0.15, 0.2) is 0 Å². The van der Waals surface area contributed by atoms with Gasteiger partial charge < -0.3 is 5.32 Å². The smallest absolute Gasteiger partial charge is 0.353 e. The molecule has 1 amide bonds. The maximum absolute atomic E-state index is 12.8. The Labute approximate surface area is 108 Å². The number of hydrogen-bond acceptors (Lipinski definition) is 4. The van der Waals surface area contributed by atoms with Gasteiger partial charge in [-0.1, -0.05) is 31.0 Å². The van der Waals surface area contributed by atoms with Crippen LogP contribution in [0.2, 0.25) is 0 Å². The second-order valence-electron chi connectivity index (χ2n) is 4.13. The van der Waals surface area contributed by atoms with Crippen LogP contribution >= 0.6 is 11.8 Å². The highest BCUT2D eigenvalue weighted by Gasteiger charge is 2.45. The molecule has 0 aliphatic heterocycles. The molecule has 0 bridgehead atoms. The Balaban J connectivity index is 2.37. The summed E-state index contributed by atoms with van der Waals surface area (Å²) in [7, 11) is -5.48. The summed E-state index contributed by atoms with van der Waals surface area (Å²) in [4.78, 5) is 11.3. The summed E-state index contributed by atoms with van der Waals surface area (Å²) in [5.41, 5.74) is 0. The van der Waals surface area contributed by atoms with Crippen molar-refractivity contribution in [3.05, 3.63) is 0 Å². The second-order valence-corrected chi connectivity index (χ2v) is 6.94. The van der Waals surface area contributed by atoms with E-state index in [0.29, 0.717) is 0 Å². The van der Waals surface area contributed by atoms with E-state index in [4.69, 9.17) is 4.55 Å². The third kappa shape index (κ3) is 4.69. The molecule has 0 saturated heterocycles. The molecule has 1 rings (SSSR count). The number of rotatable bonds is 5. The fourth-order valence-corrected chi connectivity index (χ4v) is 2.90. The van der Waals surface area contributed by atoms with Crippen molar-refractivity contribution in [2.45, 2.75) is 42.7 Å². The Bertz CT molecular complexity index is 393. The van der Waals surface area contributed by atoms with Crippen molar-refractivity contribution in [3.63, 3.8) is 0 Å². The first-order valence-corrected chi connectivity index (χ1v) is 7.93. The van der Waals surface area contributed by atoms with Gasteiger partial charge in [-0.2, -0.15) is 17.2 Å². The molecule has 0 aromatic heterocycles. The Hall–Kier alpha value is -0.410. The van der Waals surface area contributed by atoms with E-state index in [1.54, 1.807) is 0 Å². The van der Waals surface area contributed by atoms with E-state index in [1.807, 2.05) is 0 Å². The average molecular weight is 303 g/mol. The first-order chi connectivity index (χ1) is 8.22. The molecular formula is C9H15F2NO4S2. The Morgan fingerprint density at radius 2 is 1.89 bits per heavy atom. The van der Waals surface area contributed by atoms with Crippen molar-refractivity contribution >= 4 is 27.8 Å². The van der Waals surface area contributed by atoms with Gasteiger partial charge in [-0.3, -0.25) is 9.35 Å². The fourth-order valence-electron chi connectivity index (χ4n) is 1.74. The van der Waals surface area contributed by atoms with Gasteiger partial charge in [-0.05, 0) is 12.8 Å². The Kier molecular flexibility index (Phi) is 5.35. The number of thioether (sulfide) groups is 1. The van der Waals surface area contributed by atoms with Gasteiger partial charge in [0.05, 0.1) is 5.75 Å². The molecule has 1 aliphatic rings. The first kappa shape index (κ1) is 15.6. The van der Waals surface area contributed by atoms with E-state index in [2.05, 4.69) is 5.32 Å². The molecule has 0 radical (unpaired) electrons. The molecule has 18 heavy (non-hydrogen) atoms. The van der Waals surface area contributed by atoms with Gasteiger partial charge >= 0.3 is 14.7 Å². The van der Waals surface area contributed by atoms with Crippen molar-refractivity contribution in [2.75, 3.05) is 5.75 Å². The van der Waals surface area contributed by atoms with Crippen molar-refractivity contribution in [2.24, 2.45) is 0 Å². The lowest BCUT2D eigenvalue weighted by molar-refractivity contribution is -0.119. The molecule has 9 heteroatoms. The van der Waals surface area contributed by atoms with Crippen LogP contribution in [0.15, 0.2) is 0 Å². The standard InChI is InChI=1S/C9H15F2NO4S2/c10-9(11,18(14,15)16)17-6-8(13)12-7-4-2-1-3-5-7/h7H,1-6H2,(H,12,13)(H,14,15,16). The van der Waals surface area contributed by atoms with Gasteiger partial charge in [0.1, 0.15) is 0 Å². The molecule has 0 unspecified atom stereocenters. The van der Waals surface area contributed by atoms with Crippen LogP contribution in [0.5, 0.6) is 0 Å². The molecule has 0 aromatic rings. The molecule has 0 atom stereocenters. The van der Waals surface area contributed by atoms with E-state index in [9.17, 15) is 22.0 Å². The number of halogens is 2. The van der Waals surface area contributed by atoms with Crippen molar-refractivity contribution < 1.29 is 26.5 Å². The van der Waals surface area contributed by atoms with Gasteiger partial charge in [-0.15, -0.1) is 0 Å². The molecule has 0 aromatic carbocycles. The van der Waals surface area contributed by atoms with Crippen LogP contribution < -0.4 is 5.32 Å². The molecule has 2 N–H and O–H groups in total. The summed E-state index contributed by atoms with van der Waals surface area (Å²) in [6, 6.07) is -0.0220. The summed E-state index contributed by atoms with van der Waals surface area (Å²) >= 11 is -0.401. The first-order valence-electron chi connectivity index (χ1n) is 5.50. The minimum absolute atomic E-state index is 0.0220. The summed E-state index contributed by atoms with van der Waals surface area (Å²) < 4.78 is 50.1. The van der Waals surface area contributed by atoms with E-state index < -0.39 is 38.1 Å². The van der Waals surface area contributed by atoms with Crippen molar-refractivity contribution in [1.29, 1.82) is 0 Å². The predicted molar refractivity (Wildman–Crippen MR) is 64.0 cm³/mol. The summed E-state index contributed by atoms with van der Waals surface area (Å²) in [6.45, 7) is 0. The summed E-state index contributed by atoms with van der Waals surface area (Å²) in [6.07, 6.45) is 4.69. The topological polar surface area (TPSA) is 83.5 Å². The Morgan fingerprint density at radius 1 is 1.33 bits per heavy atom. The monoisotopic (exact) mass is 303 g/mol. The molecule has 106 valence electrons. The van der Waals surface area contributed by atoms with Gasteiger partial charge in [0.2, 0.25) is 5.91 Å². The number of nitrogens with one attached hydrogen (secondary N) is 1. The van der Waals surface area contributed by atoms with Gasteiger partial charge in [0.25, 0.3) is 0 Å². The highest BCUT2D eigenvalue weighted by atomic mass is 32.3. The van der Waals surface area contributed by atoms with E-state index in [1.165, 1.54) is 0 Å². The van der Waals surface area contributed by atoms with Crippen LogP contribution in [0.3, 0.4) is 0 Å².